The van der Waals surface area contributed by atoms with Crippen LogP contribution in [0, 0.1) is 5.92 Å². The van der Waals surface area contributed by atoms with Crippen molar-refractivity contribution >= 4 is 39.7 Å². The van der Waals surface area contributed by atoms with Crippen LogP contribution in [0.3, 0.4) is 0 Å². The third-order valence-electron chi connectivity index (χ3n) is 6.32. The second-order valence-electron chi connectivity index (χ2n) is 8.14. The Hall–Kier alpha value is -1.82. The monoisotopic (exact) mass is 458 g/mol. The number of carbonyl (C=O) groups excluding carboxylic acids is 1. The molecule has 1 saturated carbocycles. The van der Waals surface area contributed by atoms with Crippen LogP contribution < -0.4 is 5.32 Å². The Morgan fingerprint density at radius 2 is 1.94 bits per heavy atom. The molecule has 0 spiro atoms. The zero-order chi connectivity index (χ0) is 21.8. The van der Waals surface area contributed by atoms with Gasteiger partial charge in [-0.2, -0.15) is 0 Å². The van der Waals surface area contributed by atoms with Crippen molar-refractivity contribution in [1.29, 1.82) is 0 Å². The number of thiophene rings is 1. The van der Waals surface area contributed by atoms with Crippen LogP contribution in [-0.4, -0.2) is 23.7 Å². The fourth-order valence-electron chi connectivity index (χ4n) is 4.70. The van der Waals surface area contributed by atoms with E-state index in [1.165, 1.54) is 37.0 Å². The first-order chi connectivity index (χ1) is 15.2. The second-order valence-corrected chi connectivity index (χ2v) is 9.53. The highest BCUT2D eigenvalue weighted by atomic mass is 35.5. The van der Waals surface area contributed by atoms with E-state index in [0.29, 0.717) is 29.7 Å². The van der Waals surface area contributed by atoms with Gasteiger partial charge in [-0.3, -0.25) is 4.79 Å². The van der Waals surface area contributed by atoms with Gasteiger partial charge in [0, 0.05) is 16.5 Å². The highest BCUT2D eigenvalue weighted by Gasteiger charge is 2.30. The van der Waals surface area contributed by atoms with Gasteiger partial charge in [-0.05, 0) is 42.3 Å². The third kappa shape index (κ3) is 4.55. The van der Waals surface area contributed by atoms with Crippen molar-refractivity contribution in [2.45, 2.75) is 58.0 Å². The van der Waals surface area contributed by atoms with Crippen molar-refractivity contribution in [3.8, 4) is 0 Å². The summed E-state index contributed by atoms with van der Waals surface area (Å²) < 4.78 is 7.53. The number of aromatic nitrogens is 1. The predicted octanol–water partition coefficient (Wildman–Crippen LogP) is 7.01. The molecule has 1 amide bonds. The van der Waals surface area contributed by atoms with Crippen molar-refractivity contribution in [1.82, 2.24) is 9.88 Å². The van der Waals surface area contributed by atoms with Crippen LogP contribution in [0.5, 0.6) is 0 Å². The summed E-state index contributed by atoms with van der Waals surface area (Å²) in [5.74, 6) is 0.460. The molecular weight excluding hydrogens is 428 g/mol. The Labute approximate surface area is 193 Å². The number of hydrogen-bond donors (Lipinski definition) is 1. The van der Waals surface area contributed by atoms with Crippen LogP contribution in [0.4, 0.5) is 0 Å². The summed E-state index contributed by atoms with van der Waals surface area (Å²) in [4.78, 5) is 14.7. The molecule has 1 aromatic carbocycles. The van der Waals surface area contributed by atoms with Gasteiger partial charge in [0.15, 0.2) is 0 Å². The maximum Gasteiger partial charge on any atom is 0.254 e. The molecular formula is C25H31ClN2O2S. The SMILES string of the molecule is CC.O=C(NC(c1cccs1)C1CCCCC1)c1cn(C2COC2)c2cccc(Cl)c12. The van der Waals surface area contributed by atoms with Crippen LogP contribution in [0.1, 0.15) is 73.3 Å². The zero-order valence-corrected chi connectivity index (χ0v) is 19.8. The first-order valence-corrected chi connectivity index (χ1v) is 12.7. The van der Waals surface area contributed by atoms with Crippen LogP contribution in [-0.2, 0) is 4.74 Å². The lowest BCUT2D eigenvalue weighted by Gasteiger charge is -2.30. The molecule has 2 fully saturated rings. The molecule has 1 aliphatic carbocycles. The summed E-state index contributed by atoms with van der Waals surface area (Å²) in [5.41, 5.74) is 1.66. The molecule has 0 bridgehead atoms. The summed E-state index contributed by atoms with van der Waals surface area (Å²) in [7, 11) is 0. The van der Waals surface area contributed by atoms with Crippen molar-refractivity contribution in [3.05, 3.63) is 57.4 Å². The zero-order valence-electron chi connectivity index (χ0n) is 18.3. The molecule has 1 unspecified atom stereocenters. The minimum Gasteiger partial charge on any atom is -0.377 e. The number of carbonyl (C=O) groups is 1. The highest BCUT2D eigenvalue weighted by Crippen LogP contribution is 2.38. The Morgan fingerprint density at radius 3 is 2.58 bits per heavy atom. The third-order valence-corrected chi connectivity index (χ3v) is 7.59. The fourth-order valence-corrected chi connectivity index (χ4v) is 5.84. The molecule has 3 heterocycles. The van der Waals surface area contributed by atoms with E-state index in [2.05, 4.69) is 27.4 Å². The van der Waals surface area contributed by atoms with Crippen molar-refractivity contribution < 1.29 is 9.53 Å². The van der Waals surface area contributed by atoms with E-state index in [4.69, 9.17) is 16.3 Å². The summed E-state index contributed by atoms with van der Waals surface area (Å²) in [6.45, 7) is 5.36. The normalized spacial score (nSPS) is 18.2. The molecule has 5 rings (SSSR count). The molecule has 1 saturated heterocycles. The molecule has 1 atom stereocenters. The highest BCUT2D eigenvalue weighted by molar-refractivity contribution is 7.10. The van der Waals surface area contributed by atoms with Crippen LogP contribution in [0.25, 0.3) is 10.9 Å². The average Bonchev–Trinajstić information content (AvgIpc) is 3.42. The summed E-state index contributed by atoms with van der Waals surface area (Å²) in [6, 6.07) is 10.4. The Balaban J connectivity index is 0.00000112. The topological polar surface area (TPSA) is 43.3 Å². The van der Waals surface area contributed by atoms with Gasteiger partial charge in [-0.25, -0.2) is 0 Å². The smallest absolute Gasteiger partial charge is 0.254 e. The first-order valence-electron chi connectivity index (χ1n) is 11.4. The van der Waals surface area contributed by atoms with E-state index >= 15 is 0 Å². The van der Waals surface area contributed by atoms with E-state index in [9.17, 15) is 4.79 Å². The van der Waals surface area contributed by atoms with Gasteiger partial charge in [0.1, 0.15) is 0 Å². The molecule has 0 radical (unpaired) electrons. The van der Waals surface area contributed by atoms with Crippen LogP contribution in [0.15, 0.2) is 41.9 Å². The molecule has 166 valence electrons. The number of nitrogens with zero attached hydrogens (tertiary/aromatic N) is 1. The fraction of sp³-hybridized carbons (Fsp3) is 0.480. The summed E-state index contributed by atoms with van der Waals surface area (Å²) in [6.07, 6.45) is 8.10. The Bertz CT molecular complexity index is 1000. The van der Waals surface area contributed by atoms with Gasteiger partial charge < -0.3 is 14.6 Å². The summed E-state index contributed by atoms with van der Waals surface area (Å²) in [5, 5.41) is 6.94. The molecule has 3 aromatic rings. The predicted molar refractivity (Wildman–Crippen MR) is 129 cm³/mol. The largest absolute Gasteiger partial charge is 0.377 e. The first kappa shape index (κ1) is 22.4. The molecule has 1 aliphatic heterocycles. The number of nitrogens with one attached hydrogen (secondary N) is 1. The molecule has 31 heavy (non-hydrogen) atoms. The lowest BCUT2D eigenvalue weighted by molar-refractivity contribution is -0.0214. The van der Waals surface area contributed by atoms with E-state index < -0.39 is 0 Å². The molecule has 6 heteroatoms. The van der Waals surface area contributed by atoms with Crippen LogP contribution in [0.2, 0.25) is 5.02 Å². The van der Waals surface area contributed by atoms with Crippen molar-refractivity contribution in [3.63, 3.8) is 0 Å². The average molecular weight is 459 g/mol. The Kier molecular flexibility index (Phi) is 7.36. The van der Waals surface area contributed by atoms with Gasteiger partial charge in [0.05, 0.1) is 41.4 Å². The van der Waals surface area contributed by atoms with Crippen LogP contribution >= 0.6 is 22.9 Å². The number of rotatable bonds is 5. The van der Waals surface area contributed by atoms with Crippen molar-refractivity contribution in [2.75, 3.05) is 13.2 Å². The number of halogens is 1. The number of ether oxygens (including phenoxy) is 1. The number of benzene rings is 1. The Morgan fingerprint density at radius 1 is 1.16 bits per heavy atom. The van der Waals surface area contributed by atoms with E-state index in [1.54, 1.807) is 11.3 Å². The lowest BCUT2D eigenvalue weighted by Crippen LogP contribution is -2.34. The maximum absolute atomic E-state index is 13.5. The molecule has 2 aliphatic rings. The quantitative estimate of drug-likeness (QED) is 0.447. The molecule has 4 nitrogen and oxygen atoms in total. The number of amides is 1. The van der Waals surface area contributed by atoms with Crippen molar-refractivity contribution in [2.24, 2.45) is 5.92 Å². The van der Waals surface area contributed by atoms with E-state index in [-0.39, 0.29) is 18.0 Å². The van der Waals surface area contributed by atoms with Gasteiger partial charge in [0.25, 0.3) is 5.91 Å². The molecule has 1 N–H and O–H groups in total. The van der Waals surface area contributed by atoms with Gasteiger partial charge >= 0.3 is 0 Å². The number of hydrogen-bond acceptors (Lipinski definition) is 3. The van der Waals surface area contributed by atoms with Gasteiger partial charge in [-0.1, -0.05) is 56.8 Å². The second kappa shape index (κ2) is 10.2. The standard InChI is InChI=1S/C23H25ClN2O2S.C2H6/c24-18-8-4-9-19-21(18)17(12-26(19)16-13-28-14-16)23(27)25-22(20-10-5-11-29-20)15-6-2-1-3-7-15;1-2/h4-5,8-12,15-16,22H,1-3,6-7,13-14H2,(H,25,27);1-2H3. The molecule has 2 aromatic heterocycles. The van der Waals surface area contributed by atoms with Gasteiger partial charge in [0.2, 0.25) is 0 Å². The minimum absolute atomic E-state index is 0.0361. The minimum atomic E-state index is -0.0361. The van der Waals surface area contributed by atoms with Gasteiger partial charge in [-0.15, -0.1) is 11.3 Å². The maximum atomic E-state index is 13.5. The summed E-state index contributed by atoms with van der Waals surface area (Å²) >= 11 is 8.28. The van der Waals surface area contributed by atoms with E-state index in [1.807, 2.05) is 38.2 Å². The lowest BCUT2D eigenvalue weighted by atomic mass is 9.83. The van der Waals surface area contributed by atoms with E-state index in [0.717, 1.165) is 10.9 Å². The number of fused-ring (bicyclic) bond motifs is 1.